The van der Waals surface area contributed by atoms with E-state index in [4.69, 9.17) is 21.1 Å². The van der Waals surface area contributed by atoms with Gasteiger partial charge in [-0.2, -0.15) is 0 Å². The third-order valence-corrected chi connectivity index (χ3v) is 3.86. The van der Waals surface area contributed by atoms with Crippen LogP contribution < -0.4 is 5.32 Å². The zero-order valence-corrected chi connectivity index (χ0v) is 14.0. The van der Waals surface area contributed by atoms with Gasteiger partial charge in [-0.3, -0.25) is 4.79 Å². The van der Waals surface area contributed by atoms with Gasteiger partial charge >= 0.3 is 5.97 Å². The number of carbonyl (C=O) groups is 2. The van der Waals surface area contributed by atoms with Crippen molar-refractivity contribution < 1.29 is 19.1 Å². The van der Waals surface area contributed by atoms with Crippen LogP contribution >= 0.6 is 11.6 Å². The molecule has 0 atom stereocenters. The lowest BCUT2D eigenvalue weighted by Crippen LogP contribution is -2.12. The van der Waals surface area contributed by atoms with Crippen LogP contribution in [0.2, 0.25) is 5.02 Å². The number of aromatic carboxylic acids is 1. The Kier molecular flexibility index (Phi) is 4.59. The molecule has 5 nitrogen and oxygen atoms in total. The maximum atomic E-state index is 12.5. The molecule has 3 rings (SSSR count). The Morgan fingerprint density at radius 2 is 1.76 bits per heavy atom. The Morgan fingerprint density at radius 3 is 2.40 bits per heavy atom. The molecule has 0 radical (unpaired) electrons. The van der Waals surface area contributed by atoms with Gasteiger partial charge in [-0.1, -0.05) is 29.3 Å². The van der Waals surface area contributed by atoms with E-state index >= 15 is 0 Å². The third-order valence-electron chi connectivity index (χ3n) is 3.63. The molecule has 2 aromatic carbocycles. The monoisotopic (exact) mass is 355 g/mol. The molecular formula is C19H14ClNO4. The summed E-state index contributed by atoms with van der Waals surface area (Å²) in [5.41, 5.74) is 2.53. The molecule has 6 heteroatoms. The number of anilines is 1. The van der Waals surface area contributed by atoms with Gasteiger partial charge in [0.1, 0.15) is 5.76 Å². The van der Waals surface area contributed by atoms with Crippen molar-refractivity contribution in [2.24, 2.45) is 0 Å². The standard InChI is InChI=1S/C19H14ClNO4/c1-11-2-4-12(5-3-11)18(22)21-15-10-13(20)6-7-14(15)16-8-9-17(25-16)19(23)24/h2-10H,1H3,(H,21,22)(H,23,24). The minimum atomic E-state index is -1.16. The Bertz CT molecular complexity index is 944. The number of hydrogen-bond acceptors (Lipinski definition) is 3. The fraction of sp³-hybridized carbons (Fsp3) is 0.0526. The first kappa shape index (κ1) is 16.8. The Morgan fingerprint density at radius 1 is 1.04 bits per heavy atom. The van der Waals surface area contributed by atoms with Gasteiger partial charge in [-0.15, -0.1) is 0 Å². The highest BCUT2D eigenvalue weighted by Gasteiger charge is 2.16. The van der Waals surface area contributed by atoms with Crippen LogP contribution in [0.5, 0.6) is 0 Å². The molecule has 1 heterocycles. The highest BCUT2D eigenvalue weighted by Crippen LogP contribution is 2.32. The van der Waals surface area contributed by atoms with Crippen molar-refractivity contribution in [3.05, 3.63) is 76.5 Å². The molecule has 0 bridgehead atoms. The number of carboxylic acid groups (broad SMARTS) is 1. The molecule has 3 aromatic rings. The number of carbonyl (C=O) groups excluding carboxylic acids is 1. The molecule has 0 aliphatic heterocycles. The van der Waals surface area contributed by atoms with E-state index in [1.165, 1.54) is 12.1 Å². The van der Waals surface area contributed by atoms with Gasteiger partial charge in [0, 0.05) is 16.1 Å². The van der Waals surface area contributed by atoms with Crippen LogP contribution in [0.15, 0.2) is 59.0 Å². The van der Waals surface area contributed by atoms with E-state index in [1.54, 1.807) is 30.3 Å². The summed E-state index contributed by atoms with van der Waals surface area (Å²) in [6, 6.07) is 14.9. The number of halogens is 1. The highest BCUT2D eigenvalue weighted by atomic mass is 35.5. The van der Waals surface area contributed by atoms with Crippen molar-refractivity contribution >= 4 is 29.2 Å². The quantitative estimate of drug-likeness (QED) is 0.700. The molecule has 126 valence electrons. The van der Waals surface area contributed by atoms with Crippen molar-refractivity contribution in [2.75, 3.05) is 5.32 Å². The van der Waals surface area contributed by atoms with Crippen molar-refractivity contribution in [3.63, 3.8) is 0 Å². The third kappa shape index (κ3) is 3.72. The van der Waals surface area contributed by atoms with Crippen LogP contribution in [0.25, 0.3) is 11.3 Å². The number of nitrogens with one attached hydrogen (secondary N) is 1. The molecule has 1 aromatic heterocycles. The molecular weight excluding hydrogens is 342 g/mol. The first-order valence-corrected chi connectivity index (χ1v) is 7.83. The summed E-state index contributed by atoms with van der Waals surface area (Å²) in [4.78, 5) is 23.4. The van der Waals surface area contributed by atoms with Crippen LogP contribution in [0, 0.1) is 6.92 Å². The number of rotatable bonds is 4. The van der Waals surface area contributed by atoms with Crippen LogP contribution in [0.1, 0.15) is 26.5 Å². The molecule has 0 unspecified atom stereocenters. The van der Waals surface area contributed by atoms with Crippen LogP contribution in [-0.2, 0) is 0 Å². The second kappa shape index (κ2) is 6.83. The van der Waals surface area contributed by atoms with Crippen molar-refractivity contribution in [1.29, 1.82) is 0 Å². The summed E-state index contributed by atoms with van der Waals surface area (Å²) in [6.45, 7) is 1.94. The van der Waals surface area contributed by atoms with E-state index in [-0.39, 0.29) is 11.7 Å². The van der Waals surface area contributed by atoms with Crippen molar-refractivity contribution in [3.8, 4) is 11.3 Å². The fourth-order valence-corrected chi connectivity index (χ4v) is 2.50. The Hall–Kier alpha value is -3.05. The van der Waals surface area contributed by atoms with Crippen molar-refractivity contribution in [2.45, 2.75) is 6.92 Å². The largest absolute Gasteiger partial charge is 0.475 e. The van der Waals surface area contributed by atoms with E-state index in [1.807, 2.05) is 19.1 Å². The van der Waals surface area contributed by atoms with Gasteiger partial charge in [-0.25, -0.2) is 4.79 Å². The van der Waals surface area contributed by atoms with E-state index in [0.29, 0.717) is 27.6 Å². The summed E-state index contributed by atoms with van der Waals surface area (Å²) in [5.74, 6) is -1.31. The number of furan rings is 1. The molecule has 25 heavy (non-hydrogen) atoms. The second-order valence-corrected chi connectivity index (χ2v) is 5.92. The SMILES string of the molecule is Cc1ccc(C(=O)Nc2cc(Cl)ccc2-c2ccc(C(=O)O)o2)cc1. The van der Waals surface area contributed by atoms with Gasteiger partial charge in [0.05, 0.1) is 5.69 Å². The molecule has 2 N–H and O–H groups in total. The predicted molar refractivity (Wildman–Crippen MR) is 95.2 cm³/mol. The maximum Gasteiger partial charge on any atom is 0.371 e. The maximum absolute atomic E-state index is 12.5. The van der Waals surface area contributed by atoms with Gasteiger partial charge in [0.25, 0.3) is 5.91 Å². The van der Waals surface area contributed by atoms with Crippen LogP contribution in [0.3, 0.4) is 0 Å². The summed E-state index contributed by atoms with van der Waals surface area (Å²) in [5, 5.41) is 12.2. The normalized spacial score (nSPS) is 10.5. The molecule has 1 amide bonds. The first-order valence-electron chi connectivity index (χ1n) is 7.45. The summed E-state index contributed by atoms with van der Waals surface area (Å²) in [7, 11) is 0. The lowest BCUT2D eigenvalue weighted by molar-refractivity contribution is 0.0663. The van der Waals surface area contributed by atoms with Gasteiger partial charge in [0.2, 0.25) is 5.76 Å². The zero-order valence-electron chi connectivity index (χ0n) is 13.2. The van der Waals surface area contributed by atoms with E-state index in [9.17, 15) is 9.59 Å². The minimum Gasteiger partial charge on any atom is -0.475 e. The lowest BCUT2D eigenvalue weighted by Gasteiger charge is -2.10. The predicted octanol–water partition coefficient (Wildman–Crippen LogP) is 4.86. The number of aryl methyl sites for hydroxylation is 1. The minimum absolute atomic E-state index is 0.180. The molecule has 0 aliphatic carbocycles. The fourth-order valence-electron chi connectivity index (χ4n) is 2.33. The number of carboxylic acids is 1. The molecule has 0 spiro atoms. The highest BCUT2D eigenvalue weighted by molar-refractivity contribution is 6.31. The van der Waals surface area contributed by atoms with Gasteiger partial charge in [0.15, 0.2) is 0 Å². The lowest BCUT2D eigenvalue weighted by atomic mass is 10.1. The van der Waals surface area contributed by atoms with Gasteiger partial charge < -0.3 is 14.8 Å². The van der Waals surface area contributed by atoms with Gasteiger partial charge in [-0.05, 0) is 49.4 Å². The summed E-state index contributed by atoms with van der Waals surface area (Å²) in [6.07, 6.45) is 0. The molecule has 0 saturated carbocycles. The van der Waals surface area contributed by atoms with Crippen molar-refractivity contribution in [1.82, 2.24) is 0 Å². The molecule has 0 fully saturated rings. The topological polar surface area (TPSA) is 79.5 Å². The molecule has 0 saturated heterocycles. The Labute approximate surface area is 148 Å². The average Bonchev–Trinajstić information content (AvgIpc) is 3.05. The summed E-state index contributed by atoms with van der Waals surface area (Å²) >= 11 is 6.03. The van der Waals surface area contributed by atoms with Crippen LogP contribution in [-0.4, -0.2) is 17.0 Å². The van der Waals surface area contributed by atoms with Crippen LogP contribution in [0.4, 0.5) is 5.69 Å². The number of amides is 1. The summed E-state index contributed by atoms with van der Waals surface area (Å²) < 4.78 is 5.32. The second-order valence-electron chi connectivity index (χ2n) is 5.48. The van der Waals surface area contributed by atoms with E-state index in [2.05, 4.69) is 5.32 Å². The number of hydrogen-bond donors (Lipinski definition) is 2. The Balaban J connectivity index is 1.95. The average molecular weight is 356 g/mol. The number of benzene rings is 2. The zero-order chi connectivity index (χ0) is 18.0. The smallest absolute Gasteiger partial charge is 0.371 e. The molecule has 0 aliphatic rings. The van der Waals surface area contributed by atoms with E-state index < -0.39 is 5.97 Å². The first-order chi connectivity index (χ1) is 11.9. The van der Waals surface area contributed by atoms with E-state index in [0.717, 1.165) is 5.56 Å².